The molecule has 2 aromatic carbocycles. The predicted molar refractivity (Wildman–Crippen MR) is 99.8 cm³/mol. The maximum Gasteiger partial charge on any atom is 0.325 e. The third-order valence-electron chi connectivity index (χ3n) is 4.59. The first-order valence-electron chi connectivity index (χ1n) is 9.00. The Kier molecular flexibility index (Phi) is 5.54. The number of nitrogens with one attached hydrogen (secondary N) is 1. The maximum atomic E-state index is 13.4. The normalized spacial score (nSPS) is 15.5. The first kappa shape index (κ1) is 18.6. The number of hydrogen-bond donors (Lipinski definition) is 1. The minimum absolute atomic E-state index is 0.158. The molecule has 0 saturated carbocycles. The molecular formula is C21H22N2O4. The molecule has 6 nitrogen and oxygen atoms in total. The third-order valence-corrected chi connectivity index (χ3v) is 4.59. The van der Waals surface area contributed by atoms with Crippen molar-refractivity contribution in [2.24, 2.45) is 0 Å². The number of benzene rings is 2. The summed E-state index contributed by atoms with van der Waals surface area (Å²) in [6.07, 6.45) is 0.520. The lowest BCUT2D eigenvalue weighted by Gasteiger charge is -2.28. The Morgan fingerprint density at radius 1 is 1.00 bits per heavy atom. The molecule has 0 aliphatic carbocycles. The van der Waals surface area contributed by atoms with Crippen LogP contribution >= 0.6 is 0 Å². The van der Waals surface area contributed by atoms with Crippen LogP contribution in [-0.2, 0) is 19.9 Å². The number of amides is 3. The van der Waals surface area contributed by atoms with Crippen molar-refractivity contribution in [3.8, 4) is 0 Å². The van der Waals surface area contributed by atoms with Crippen LogP contribution < -0.4 is 5.32 Å². The number of imide groups is 1. The number of esters is 1. The molecule has 1 saturated heterocycles. The molecule has 1 heterocycles. The van der Waals surface area contributed by atoms with E-state index >= 15 is 0 Å². The molecule has 3 amide bonds. The van der Waals surface area contributed by atoms with Gasteiger partial charge in [-0.15, -0.1) is 0 Å². The molecular weight excluding hydrogens is 344 g/mol. The molecule has 2 aromatic rings. The molecule has 1 aliphatic rings. The highest BCUT2D eigenvalue weighted by molar-refractivity contribution is 6.09. The molecule has 0 radical (unpaired) electrons. The van der Waals surface area contributed by atoms with Crippen molar-refractivity contribution < 1.29 is 19.1 Å². The van der Waals surface area contributed by atoms with Crippen LogP contribution in [0.2, 0.25) is 0 Å². The van der Waals surface area contributed by atoms with Crippen LogP contribution in [0.1, 0.15) is 30.9 Å². The van der Waals surface area contributed by atoms with Crippen molar-refractivity contribution in [2.75, 3.05) is 13.2 Å². The van der Waals surface area contributed by atoms with E-state index in [-0.39, 0.29) is 24.8 Å². The van der Waals surface area contributed by atoms with Crippen molar-refractivity contribution in [1.82, 2.24) is 10.2 Å². The fraction of sp³-hybridized carbons (Fsp3) is 0.286. The van der Waals surface area contributed by atoms with Gasteiger partial charge in [-0.25, -0.2) is 4.79 Å². The zero-order valence-electron chi connectivity index (χ0n) is 15.2. The van der Waals surface area contributed by atoms with E-state index in [1.165, 1.54) is 4.90 Å². The standard InChI is InChI=1S/C21H22N2O4/c1-2-27-18(24)14-9-15-23-19(25)21(22-20(23)26,16-10-5-3-6-11-16)17-12-7-4-8-13-17/h3-8,10-13H,2,9,14-15H2,1H3,(H,22,26). The summed E-state index contributed by atoms with van der Waals surface area (Å²) in [5, 5.41) is 2.88. The second-order valence-electron chi connectivity index (χ2n) is 6.28. The van der Waals surface area contributed by atoms with E-state index in [1.54, 1.807) is 6.92 Å². The first-order valence-corrected chi connectivity index (χ1v) is 9.00. The van der Waals surface area contributed by atoms with Gasteiger partial charge in [0.25, 0.3) is 5.91 Å². The molecule has 0 spiro atoms. The molecule has 1 aliphatic heterocycles. The van der Waals surface area contributed by atoms with Gasteiger partial charge < -0.3 is 10.1 Å². The molecule has 0 unspecified atom stereocenters. The Morgan fingerprint density at radius 2 is 1.56 bits per heavy atom. The highest BCUT2D eigenvalue weighted by Crippen LogP contribution is 2.36. The second kappa shape index (κ2) is 8.03. The first-order chi connectivity index (χ1) is 13.1. The zero-order valence-corrected chi connectivity index (χ0v) is 15.2. The summed E-state index contributed by atoms with van der Waals surface area (Å²) in [5.74, 6) is -0.671. The SMILES string of the molecule is CCOC(=O)CCCN1C(=O)NC(c2ccccc2)(c2ccccc2)C1=O. The fourth-order valence-corrected chi connectivity index (χ4v) is 3.33. The molecule has 0 bridgehead atoms. The summed E-state index contributed by atoms with van der Waals surface area (Å²) >= 11 is 0. The monoisotopic (exact) mass is 366 g/mol. The van der Waals surface area contributed by atoms with Gasteiger partial charge in [0.15, 0.2) is 5.54 Å². The summed E-state index contributed by atoms with van der Waals surface area (Å²) in [4.78, 5) is 38.7. The van der Waals surface area contributed by atoms with E-state index in [0.29, 0.717) is 24.2 Å². The van der Waals surface area contributed by atoms with Crippen molar-refractivity contribution >= 4 is 17.9 Å². The van der Waals surface area contributed by atoms with Crippen LogP contribution in [0.25, 0.3) is 0 Å². The summed E-state index contributed by atoms with van der Waals surface area (Å²) in [5.41, 5.74) is 0.133. The van der Waals surface area contributed by atoms with Gasteiger partial charge in [-0.2, -0.15) is 0 Å². The van der Waals surface area contributed by atoms with Crippen LogP contribution in [0.4, 0.5) is 4.79 Å². The quantitative estimate of drug-likeness (QED) is 0.604. The average molecular weight is 366 g/mol. The zero-order chi connectivity index (χ0) is 19.3. The van der Waals surface area contributed by atoms with E-state index in [1.807, 2.05) is 60.7 Å². The fourth-order valence-electron chi connectivity index (χ4n) is 3.33. The van der Waals surface area contributed by atoms with E-state index in [0.717, 1.165) is 0 Å². The lowest BCUT2D eigenvalue weighted by Crippen LogP contribution is -2.45. The van der Waals surface area contributed by atoms with Crippen molar-refractivity contribution in [2.45, 2.75) is 25.3 Å². The van der Waals surface area contributed by atoms with E-state index in [9.17, 15) is 14.4 Å². The van der Waals surface area contributed by atoms with Crippen molar-refractivity contribution in [3.63, 3.8) is 0 Å². The molecule has 140 valence electrons. The van der Waals surface area contributed by atoms with Gasteiger partial charge in [-0.1, -0.05) is 60.7 Å². The van der Waals surface area contributed by atoms with Gasteiger partial charge >= 0.3 is 12.0 Å². The molecule has 0 aromatic heterocycles. The summed E-state index contributed by atoms with van der Waals surface area (Å²) in [7, 11) is 0. The van der Waals surface area contributed by atoms with Gasteiger partial charge in [0, 0.05) is 13.0 Å². The van der Waals surface area contributed by atoms with E-state index in [4.69, 9.17) is 4.74 Å². The van der Waals surface area contributed by atoms with Gasteiger partial charge in [-0.05, 0) is 24.5 Å². The number of carbonyl (C=O) groups excluding carboxylic acids is 3. The molecule has 6 heteroatoms. The molecule has 27 heavy (non-hydrogen) atoms. The Labute approximate surface area is 158 Å². The lowest BCUT2D eigenvalue weighted by atomic mass is 9.82. The third kappa shape index (κ3) is 3.56. The van der Waals surface area contributed by atoms with Gasteiger partial charge in [-0.3, -0.25) is 14.5 Å². The highest BCUT2D eigenvalue weighted by Gasteiger charge is 2.53. The van der Waals surface area contributed by atoms with Crippen LogP contribution in [0.5, 0.6) is 0 Å². The number of hydrogen-bond acceptors (Lipinski definition) is 4. The number of carbonyl (C=O) groups is 3. The Bertz CT molecular complexity index is 781. The van der Waals surface area contributed by atoms with E-state index < -0.39 is 11.6 Å². The van der Waals surface area contributed by atoms with Crippen LogP contribution in [0, 0.1) is 0 Å². The Hall–Kier alpha value is -3.15. The van der Waals surface area contributed by atoms with Gasteiger partial charge in [0.2, 0.25) is 0 Å². The minimum Gasteiger partial charge on any atom is -0.466 e. The van der Waals surface area contributed by atoms with Crippen molar-refractivity contribution in [1.29, 1.82) is 0 Å². The minimum atomic E-state index is -1.26. The molecule has 3 rings (SSSR count). The Morgan fingerprint density at radius 3 is 2.07 bits per heavy atom. The van der Waals surface area contributed by atoms with Crippen LogP contribution in [0.15, 0.2) is 60.7 Å². The van der Waals surface area contributed by atoms with Gasteiger partial charge in [0.1, 0.15) is 0 Å². The number of urea groups is 1. The number of rotatable bonds is 7. The summed E-state index contributed by atoms with van der Waals surface area (Å²) in [6, 6.07) is 17.9. The lowest BCUT2D eigenvalue weighted by molar-refractivity contribution is -0.143. The number of nitrogens with zero attached hydrogens (tertiary/aromatic N) is 1. The smallest absolute Gasteiger partial charge is 0.325 e. The topological polar surface area (TPSA) is 75.7 Å². The highest BCUT2D eigenvalue weighted by atomic mass is 16.5. The predicted octanol–water partition coefficient (Wildman–Crippen LogP) is 2.83. The average Bonchev–Trinajstić information content (AvgIpc) is 2.95. The summed E-state index contributed by atoms with van der Waals surface area (Å²) in [6.45, 7) is 2.21. The summed E-state index contributed by atoms with van der Waals surface area (Å²) < 4.78 is 4.90. The van der Waals surface area contributed by atoms with Crippen LogP contribution in [-0.4, -0.2) is 36.0 Å². The van der Waals surface area contributed by atoms with Crippen molar-refractivity contribution in [3.05, 3.63) is 71.8 Å². The number of ether oxygens (including phenoxy) is 1. The maximum absolute atomic E-state index is 13.4. The molecule has 0 atom stereocenters. The largest absolute Gasteiger partial charge is 0.466 e. The molecule has 1 fully saturated rings. The van der Waals surface area contributed by atoms with Gasteiger partial charge in [0.05, 0.1) is 6.61 Å². The Balaban J connectivity index is 1.89. The van der Waals surface area contributed by atoms with E-state index in [2.05, 4.69) is 5.32 Å². The molecule has 1 N–H and O–H groups in total. The second-order valence-corrected chi connectivity index (χ2v) is 6.28. The van der Waals surface area contributed by atoms with Crippen LogP contribution in [0.3, 0.4) is 0 Å².